The van der Waals surface area contributed by atoms with Crippen molar-refractivity contribution in [3.05, 3.63) is 12.2 Å². The monoisotopic (exact) mass is 238 g/mol. The number of halogens is 4. The molecule has 1 nitrogen and oxygen atoms in total. The molecule has 0 heterocycles. The van der Waals surface area contributed by atoms with Crippen LogP contribution in [0.2, 0.25) is 0 Å². The zero-order valence-corrected chi connectivity index (χ0v) is 8.98. The van der Waals surface area contributed by atoms with Gasteiger partial charge in [-0.05, 0) is 24.8 Å². The number of carbonyl (C=O) groups excluding carboxylic acids is 1. The largest absolute Gasteiger partial charge is 0.306 e. The molecular weight excluding hydrogens is 224 g/mol. The fourth-order valence-corrected chi connectivity index (χ4v) is 1.62. The number of ketones is 1. The average molecular weight is 238 g/mol. The van der Waals surface area contributed by atoms with Crippen LogP contribution in [0.25, 0.3) is 0 Å². The van der Waals surface area contributed by atoms with E-state index in [1.807, 2.05) is 0 Å². The Kier molecular flexibility index (Phi) is 3.76. The Labute approximate surface area is 91.5 Å². The van der Waals surface area contributed by atoms with E-state index in [0.29, 0.717) is 6.92 Å². The van der Waals surface area contributed by atoms with E-state index in [-0.39, 0.29) is 31.6 Å². The third kappa shape index (κ3) is 3.94. The first-order chi connectivity index (χ1) is 7.21. The Morgan fingerprint density at radius 3 is 2.25 bits per heavy atom. The quantitative estimate of drug-likeness (QED) is 0.542. The molecule has 16 heavy (non-hydrogen) atoms. The van der Waals surface area contributed by atoms with Gasteiger partial charge in [0.2, 0.25) is 11.7 Å². The third-order valence-corrected chi connectivity index (χ3v) is 2.71. The van der Waals surface area contributed by atoms with Gasteiger partial charge >= 0.3 is 5.92 Å². The molecule has 1 aliphatic carbocycles. The molecule has 5 heteroatoms. The molecule has 92 valence electrons. The van der Waals surface area contributed by atoms with Gasteiger partial charge in [-0.3, -0.25) is 4.79 Å². The number of hydrogen-bond acceptors (Lipinski definition) is 1. The topological polar surface area (TPSA) is 17.1 Å². The summed E-state index contributed by atoms with van der Waals surface area (Å²) in [7, 11) is 0. The number of rotatable bonds is 3. The average Bonchev–Trinajstić information content (AvgIpc) is 2.14. The van der Waals surface area contributed by atoms with Crippen LogP contribution < -0.4 is 0 Å². The Balaban J connectivity index is 2.45. The van der Waals surface area contributed by atoms with Gasteiger partial charge in [0, 0.05) is 19.8 Å². The van der Waals surface area contributed by atoms with Gasteiger partial charge in [-0.1, -0.05) is 6.08 Å². The van der Waals surface area contributed by atoms with Crippen molar-refractivity contribution in [2.24, 2.45) is 5.92 Å². The maximum atomic E-state index is 12.8. The van der Waals surface area contributed by atoms with E-state index in [9.17, 15) is 22.4 Å². The minimum Gasteiger partial charge on any atom is -0.288 e. The Bertz CT molecular complexity index is 281. The molecule has 1 aliphatic rings. The lowest BCUT2D eigenvalue weighted by molar-refractivity contribution is -0.135. The highest BCUT2D eigenvalue weighted by molar-refractivity contribution is 5.95. The summed E-state index contributed by atoms with van der Waals surface area (Å²) in [5, 5.41) is 0. The van der Waals surface area contributed by atoms with Crippen molar-refractivity contribution < 1.29 is 22.4 Å². The van der Waals surface area contributed by atoms with Crippen molar-refractivity contribution in [1.29, 1.82) is 0 Å². The molecular formula is C11H14F4O. The van der Waals surface area contributed by atoms with Gasteiger partial charge in [-0.25, -0.2) is 8.78 Å². The van der Waals surface area contributed by atoms with Crippen LogP contribution in [-0.2, 0) is 4.79 Å². The zero-order valence-electron chi connectivity index (χ0n) is 8.98. The summed E-state index contributed by atoms with van der Waals surface area (Å²) in [6.07, 6.45) is 2.15. The van der Waals surface area contributed by atoms with Gasteiger partial charge in [-0.15, -0.1) is 0 Å². The van der Waals surface area contributed by atoms with Crippen molar-refractivity contribution in [3.8, 4) is 0 Å². The van der Waals surface area contributed by atoms with Gasteiger partial charge < -0.3 is 0 Å². The van der Waals surface area contributed by atoms with E-state index in [1.54, 1.807) is 0 Å². The molecule has 0 bridgehead atoms. The molecule has 0 aromatic heterocycles. The summed E-state index contributed by atoms with van der Waals surface area (Å²) in [5.41, 5.74) is 0. The minimum atomic E-state index is -3.38. The molecule has 0 amide bonds. The van der Waals surface area contributed by atoms with Gasteiger partial charge in [0.25, 0.3) is 0 Å². The number of alkyl halides is 4. The zero-order chi connectivity index (χ0) is 12.4. The normalized spacial score (nSPS) is 22.6. The highest BCUT2D eigenvalue weighted by Crippen LogP contribution is 2.36. The Hall–Kier alpha value is -0.870. The molecule has 0 aromatic rings. The molecule has 1 fully saturated rings. The van der Waals surface area contributed by atoms with Gasteiger partial charge in [0.05, 0.1) is 0 Å². The summed E-state index contributed by atoms with van der Waals surface area (Å²) < 4.78 is 50.5. The lowest BCUT2D eigenvalue weighted by atomic mass is 9.86. The van der Waals surface area contributed by atoms with Crippen molar-refractivity contribution >= 4 is 5.78 Å². The number of allylic oxidation sites excluding steroid dienone is 2. The van der Waals surface area contributed by atoms with E-state index in [0.717, 1.165) is 6.08 Å². The first-order valence-electron chi connectivity index (χ1n) is 5.19. The van der Waals surface area contributed by atoms with Crippen LogP contribution in [0.5, 0.6) is 0 Å². The smallest absolute Gasteiger partial charge is 0.288 e. The molecule has 0 atom stereocenters. The molecule has 0 radical (unpaired) electrons. The van der Waals surface area contributed by atoms with Gasteiger partial charge in [0.1, 0.15) is 0 Å². The SMILES string of the molecule is CC(F)(F)C(=O)C=CC1CCC(F)(F)CC1. The van der Waals surface area contributed by atoms with Gasteiger partial charge in [-0.2, -0.15) is 8.78 Å². The summed E-state index contributed by atoms with van der Waals surface area (Å²) in [6.45, 7) is 0.523. The summed E-state index contributed by atoms with van der Waals surface area (Å²) in [6, 6.07) is 0. The van der Waals surface area contributed by atoms with E-state index in [1.165, 1.54) is 6.08 Å². The molecule has 0 unspecified atom stereocenters. The second kappa shape index (κ2) is 4.55. The second-order valence-corrected chi connectivity index (χ2v) is 4.31. The predicted molar refractivity (Wildman–Crippen MR) is 51.7 cm³/mol. The number of carbonyl (C=O) groups is 1. The van der Waals surface area contributed by atoms with Crippen molar-refractivity contribution in [2.45, 2.75) is 44.5 Å². The van der Waals surface area contributed by atoms with E-state index < -0.39 is 17.6 Å². The van der Waals surface area contributed by atoms with Crippen LogP contribution in [0.15, 0.2) is 12.2 Å². The van der Waals surface area contributed by atoms with Crippen LogP contribution in [0, 0.1) is 5.92 Å². The van der Waals surface area contributed by atoms with Crippen LogP contribution in [0.4, 0.5) is 17.6 Å². The van der Waals surface area contributed by atoms with Crippen LogP contribution in [-0.4, -0.2) is 17.6 Å². The fourth-order valence-electron chi connectivity index (χ4n) is 1.62. The lowest BCUT2D eigenvalue weighted by Crippen LogP contribution is -2.25. The molecule has 0 N–H and O–H groups in total. The standard InChI is InChI=1S/C11H14F4O/c1-10(12,13)9(16)3-2-8-4-6-11(14,15)7-5-8/h2-3,8H,4-7H2,1H3. The summed E-state index contributed by atoms with van der Waals surface area (Å²) in [4.78, 5) is 10.8. The second-order valence-electron chi connectivity index (χ2n) is 4.31. The molecule has 1 rings (SSSR count). The number of hydrogen-bond donors (Lipinski definition) is 0. The van der Waals surface area contributed by atoms with Crippen LogP contribution in [0.1, 0.15) is 32.6 Å². The Morgan fingerprint density at radius 1 is 1.31 bits per heavy atom. The molecule has 1 saturated carbocycles. The fraction of sp³-hybridized carbons (Fsp3) is 0.727. The van der Waals surface area contributed by atoms with Gasteiger partial charge in [0.15, 0.2) is 0 Å². The van der Waals surface area contributed by atoms with Crippen molar-refractivity contribution in [1.82, 2.24) is 0 Å². The van der Waals surface area contributed by atoms with Crippen molar-refractivity contribution in [3.63, 3.8) is 0 Å². The Morgan fingerprint density at radius 2 is 1.81 bits per heavy atom. The van der Waals surface area contributed by atoms with Crippen LogP contribution >= 0.6 is 0 Å². The van der Waals surface area contributed by atoms with E-state index in [4.69, 9.17) is 0 Å². The third-order valence-electron chi connectivity index (χ3n) is 2.71. The first kappa shape index (κ1) is 13.2. The summed E-state index contributed by atoms with van der Waals surface area (Å²) >= 11 is 0. The molecule has 0 saturated heterocycles. The van der Waals surface area contributed by atoms with Crippen LogP contribution in [0.3, 0.4) is 0 Å². The minimum absolute atomic E-state index is 0.189. The molecule has 0 aliphatic heterocycles. The van der Waals surface area contributed by atoms with Crippen molar-refractivity contribution in [2.75, 3.05) is 0 Å². The highest BCUT2D eigenvalue weighted by Gasteiger charge is 2.34. The van der Waals surface area contributed by atoms with E-state index >= 15 is 0 Å². The van der Waals surface area contributed by atoms with E-state index in [2.05, 4.69) is 0 Å². The predicted octanol–water partition coefficient (Wildman–Crippen LogP) is 3.59. The first-order valence-corrected chi connectivity index (χ1v) is 5.19. The molecule has 0 spiro atoms. The molecule has 0 aromatic carbocycles. The maximum absolute atomic E-state index is 12.8. The summed E-state index contributed by atoms with van der Waals surface area (Å²) in [5.74, 6) is -7.48. The lowest BCUT2D eigenvalue weighted by Gasteiger charge is -2.26. The maximum Gasteiger partial charge on any atom is 0.306 e. The highest BCUT2D eigenvalue weighted by atomic mass is 19.3.